The molecule has 0 atom stereocenters. The highest BCUT2D eigenvalue weighted by molar-refractivity contribution is 5.97. The fourth-order valence-electron chi connectivity index (χ4n) is 2.04. The van der Waals surface area contributed by atoms with E-state index in [9.17, 15) is 19.2 Å². The summed E-state index contributed by atoms with van der Waals surface area (Å²) in [6.45, 7) is 0. The average molecular weight is 386 g/mol. The molecule has 8 heteroatoms. The SMILES string of the molecule is CNC(=O)c1ccc(C(=O)NC)cc1.COC(=O)c1ccc(C(=O)OC)cc1. The summed E-state index contributed by atoms with van der Waals surface area (Å²) in [6, 6.07) is 12.5. The van der Waals surface area contributed by atoms with Crippen LogP contribution >= 0.6 is 0 Å². The van der Waals surface area contributed by atoms with E-state index in [2.05, 4.69) is 20.1 Å². The Morgan fingerprint density at radius 3 is 1.04 bits per heavy atom. The number of rotatable bonds is 4. The van der Waals surface area contributed by atoms with E-state index in [1.165, 1.54) is 38.5 Å². The van der Waals surface area contributed by atoms with E-state index >= 15 is 0 Å². The van der Waals surface area contributed by atoms with Crippen LogP contribution in [-0.4, -0.2) is 52.1 Å². The molecule has 2 aromatic carbocycles. The van der Waals surface area contributed by atoms with Crippen molar-refractivity contribution in [2.75, 3.05) is 28.3 Å². The van der Waals surface area contributed by atoms with Crippen molar-refractivity contribution >= 4 is 23.8 Å². The summed E-state index contributed by atoms with van der Waals surface area (Å²) in [7, 11) is 5.73. The topological polar surface area (TPSA) is 111 Å². The highest BCUT2D eigenvalue weighted by Crippen LogP contribution is 2.06. The second-order valence-corrected chi connectivity index (χ2v) is 5.30. The Bertz CT molecular complexity index is 687. The third kappa shape index (κ3) is 6.24. The molecule has 0 heterocycles. The lowest BCUT2D eigenvalue weighted by atomic mass is 10.1. The van der Waals surface area contributed by atoms with E-state index in [-0.39, 0.29) is 11.8 Å². The van der Waals surface area contributed by atoms with Crippen LogP contribution in [0.5, 0.6) is 0 Å². The second-order valence-electron chi connectivity index (χ2n) is 5.30. The molecule has 28 heavy (non-hydrogen) atoms. The Morgan fingerprint density at radius 1 is 0.571 bits per heavy atom. The Kier molecular flexibility index (Phi) is 8.88. The minimum atomic E-state index is -0.429. The van der Waals surface area contributed by atoms with Crippen LogP contribution in [0, 0.1) is 0 Å². The lowest BCUT2D eigenvalue weighted by molar-refractivity contribution is 0.0586. The van der Waals surface area contributed by atoms with Crippen molar-refractivity contribution in [3.8, 4) is 0 Å². The van der Waals surface area contributed by atoms with Gasteiger partial charge in [-0.1, -0.05) is 0 Å². The summed E-state index contributed by atoms with van der Waals surface area (Å²) in [5.74, 6) is -1.18. The Balaban J connectivity index is 0.000000280. The number of carbonyl (C=O) groups excluding carboxylic acids is 4. The first-order chi connectivity index (χ1) is 13.4. The predicted octanol–water partition coefficient (Wildman–Crippen LogP) is 1.67. The summed E-state index contributed by atoms with van der Waals surface area (Å²) < 4.78 is 9.02. The molecule has 0 saturated carbocycles. The first-order valence-corrected chi connectivity index (χ1v) is 8.18. The van der Waals surface area contributed by atoms with Crippen LogP contribution < -0.4 is 10.6 Å². The van der Waals surface area contributed by atoms with Crippen LogP contribution in [0.4, 0.5) is 0 Å². The molecule has 2 aromatic rings. The molecule has 0 fully saturated rings. The molecule has 0 unspecified atom stereocenters. The Hall–Kier alpha value is -3.68. The van der Waals surface area contributed by atoms with Gasteiger partial charge in [0.05, 0.1) is 25.3 Å². The third-order valence-electron chi connectivity index (χ3n) is 3.59. The van der Waals surface area contributed by atoms with Crippen molar-refractivity contribution in [2.24, 2.45) is 0 Å². The van der Waals surface area contributed by atoms with Crippen molar-refractivity contribution in [1.29, 1.82) is 0 Å². The maximum absolute atomic E-state index is 11.2. The first-order valence-electron chi connectivity index (χ1n) is 8.18. The monoisotopic (exact) mass is 386 g/mol. The number of methoxy groups -OCH3 is 2. The van der Waals surface area contributed by atoms with Gasteiger partial charge in [-0.15, -0.1) is 0 Å². The number of benzene rings is 2. The van der Waals surface area contributed by atoms with Gasteiger partial charge in [-0.2, -0.15) is 0 Å². The second kappa shape index (κ2) is 11.1. The highest BCUT2D eigenvalue weighted by Gasteiger charge is 2.08. The third-order valence-corrected chi connectivity index (χ3v) is 3.59. The van der Waals surface area contributed by atoms with E-state index < -0.39 is 11.9 Å². The molecule has 0 aliphatic heterocycles. The van der Waals surface area contributed by atoms with E-state index in [1.54, 1.807) is 38.4 Å². The standard InChI is InChI=1S/C10H12N2O2.C10H10O4/c1-11-9(13)7-3-5-8(6-4-7)10(14)12-2;1-13-9(11)7-3-5-8(6-4-7)10(12)14-2/h3-6H,1-2H3,(H,11,13)(H,12,14);3-6H,1-2H3. The van der Waals surface area contributed by atoms with Crippen LogP contribution in [0.2, 0.25) is 0 Å². The van der Waals surface area contributed by atoms with E-state index in [1.807, 2.05) is 0 Å². The molecule has 0 aromatic heterocycles. The zero-order valence-electron chi connectivity index (χ0n) is 16.1. The largest absolute Gasteiger partial charge is 0.465 e. The smallest absolute Gasteiger partial charge is 0.337 e. The molecule has 2 rings (SSSR count). The molecule has 8 nitrogen and oxygen atoms in total. The Labute approximate surface area is 162 Å². The average Bonchev–Trinajstić information content (AvgIpc) is 2.77. The number of hydrogen-bond donors (Lipinski definition) is 2. The van der Waals surface area contributed by atoms with Gasteiger partial charge in [0.1, 0.15) is 0 Å². The van der Waals surface area contributed by atoms with E-state index in [0.717, 1.165) is 0 Å². The molecule has 0 aliphatic rings. The minimum Gasteiger partial charge on any atom is -0.465 e. The summed E-state index contributed by atoms with van der Waals surface area (Å²) in [5, 5.41) is 5.01. The number of hydrogen-bond acceptors (Lipinski definition) is 6. The van der Waals surface area contributed by atoms with Crippen LogP contribution in [0.1, 0.15) is 41.4 Å². The van der Waals surface area contributed by atoms with Crippen LogP contribution in [-0.2, 0) is 9.47 Å². The molecule has 0 spiro atoms. The number of nitrogens with one attached hydrogen (secondary N) is 2. The molecule has 148 valence electrons. The summed E-state index contributed by atoms with van der Waals surface area (Å²) >= 11 is 0. The van der Waals surface area contributed by atoms with Crippen LogP contribution in [0.3, 0.4) is 0 Å². The zero-order chi connectivity index (χ0) is 21.1. The minimum absolute atomic E-state index is 0.159. The molecule has 2 amide bonds. The lowest BCUT2D eigenvalue weighted by Gasteiger charge is -2.01. The number of ether oxygens (including phenoxy) is 2. The molecule has 0 bridgehead atoms. The maximum Gasteiger partial charge on any atom is 0.337 e. The van der Waals surface area contributed by atoms with Gasteiger partial charge in [0.25, 0.3) is 11.8 Å². The van der Waals surface area contributed by atoms with Gasteiger partial charge in [0, 0.05) is 25.2 Å². The quantitative estimate of drug-likeness (QED) is 0.774. The highest BCUT2D eigenvalue weighted by atomic mass is 16.5. The molecular formula is C20H22N2O6. The first kappa shape index (κ1) is 22.4. The van der Waals surface area contributed by atoms with Gasteiger partial charge in [-0.3, -0.25) is 9.59 Å². The van der Waals surface area contributed by atoms with Crippen molar-refractivity contribution < 1.29 is 28.7 Å². The zero-order valence-corrected chi connectivity index (χ0v) is 16.1. The normalized spacial score (nSPS) is 9.29. The summed E-state index contributed by atoms with van der Waals surface area (Å²) in [4.78, 5) is 44.4. The van der Waals surface area contributed by atoms with Gasteiger partial charge in [0.15, 0.2) is 0 Å². The van der Waals surface area contributed by atoms with Gasteiger partial charge >= 0.3 is 11.9 Å². The molecule has 0 saturated heterocycles. The van der Waals surface area contributed by atoms with Crippen molar-refractivity contribution in [2.45, 2.75) is 0 Å². The summed E-state index contributed by atoms with van der Waals surface area (Å²) in [6.07, 6.45) is 0. The number of amides is 2. The predicted molar refractivity (Wildman–Crippen MR) is 102 cm³/mol. The van der Waals surface area contributed by atoms with Crippen molar-refractivity contribution in [3.05, 3.63) is 70.8 Å². The fraction of sp³-hybridized carbons (Fsp3) is 0.200. The van der Waals surface area contributed by atoms with Gasteiger partial charge < -0.3 is 20.1 Å². The Morgan fingerprint density at radius 2 is 0.821 bits per heavy atom. The fourth-order valence-corrected chi connectivity index (χ4v) is 2.04. The van der Waals surface area contributed by atoms with Gasteiger partial charge in [0.2, 0.25) is 0 Å². The van der Waals surface area contributed by atoms with Crippen molar-refractivity contribution in [1.82, 2.24) is 10.6 Å². The van der Waals surface area contributed by atoms with Crippen LogP contribution in [0.15, 0.2) is 48.5 Å². The van der Waals surface area contributed by atoms with Gasteiger partial charge in [-0.05, 0) is 48.5 Å². The number of esters is 2. The van der Waals surface area contributed by atoms with Crippen molar-refractivity contribution in [3.63, 3.8) is 0 Å². The number of carbonyl (C=O) groups is 4. The van der Waals surface area contributed by atoms with Crippen LogP contribution in [0.25, 0.3) is 0 Å². The van der Waals surface area contributed by atoms with E-state index in [0.29, 0.717) is 22.3 Å². The van der Waals surface area contributed by atoms with Gasteiger partial charge in [-0.25, -0.2) is 9.59 Å². The maximum atomic E-state index is 11.2. The van der Waals surface area contributed by atoms with E-state index in [4.69, 9.17) is 0 Å². The molecule has 0 aliphatic carbocycles. The summed E-state index contributed by atoms with van der Waals surface area (Å²) in [5.41, 5.74) is 1.89. The molecular weight excluding hydrogens is 364 g/mol. The molecule has 2 N–H and O–H groups in total. The lowest BCUT2D eigenvalue weighted by Crippen LogP contribution is -2.19. The molecule has 0 radical (unpaired) electrons.